The summed E-state index contributed by atoms with van der Waals surface area (Å²) in [5.74, 6) is 0.0681. The van der Waals surface area contributed by atoms with Crippen molar-refractivity contribution >= 4 is 34.4 Å². The van der Waals surface area contributed by atoms with Gasteiger partial charge in [0.15, 0.2) is 5.65 Å². The molecule has 0 amide bonds. The van der Waals surface area contributed by atoms with Gasteiger partial charge in [-0.3, -0.25) is 0 Å². The number of aromatic nitrogens is 4. The van der Waals surface area contributed by atoms with Crippen LogP contribution in [0.4, 0.5) is 4.39 Å². The summed E-state index contributed by atoms with van der Waals surface area (Å²) in [6, 6.07) is 12.7. The molecule has 0 N–H and O–H groups in total. The van der Waals surface area contributed by atoms with E-state index < -0.39 is 0 Å². The quantitative estimate of drug-likeness (QED) is 0.358. The summed E-state index contributed by atoms with van der Waals surface area (Å²) in [6.07, 6.45) is 3.24. The van der Waals surface area contributed by atoms with Crippen LogP contribution in [0.2, 0.25) is 5.02 Å². The molecular weight excluding hydrogens is 371 g/mol. The molecule has 0 aliphatic rings. The highest BCUT2D eigenvalue weighted by Crippen LogP contribution is 2.31. The van der Waals surface area contributed by atoms with E-state index in [1.165, 1.54) is 29.7 Å². The predicted octanol–water partition coefficient (Wildman–Crippen LogP) is 5.21. The first-order valence-electron chi connectivity index (χ1n) is 7.95. The summed E-state index contributed by atoms with van der Waals surface area (Å²) >= 11 is 7.52. The summed E-state index contributed by atoms with van der Waals surface area (Å²) in [5, 5.41) is 6.43. The Morgan fingerprint density at radius 3 is 2.69 bits per heavy atom. The van der Waals surface area contributed by atoms with Crippen molar-refractivity contribution in [2.75, 3.05) is 0 Å². The van der Waals surface area contributed by atoms with E-state index >= 15 is 0 Å². The first kappa shape index (κ1) is 17.0. The van der Waals surface area contributed by atoms with Gasteiger partial charge in [-0.2, -0.15) is 5.10 Å². The second kappa shape index (κ2) is 7.05. The van der Waals surface area contributed by atoms with E-state index in [1.807, 2.05) is 31.2 Å². The van der Waals surface area contributed by atoms with Gasteiger partial charge in [-0.1, -0.05) is 35.4 Å². The first-order chi connectivity index (χ1) is 12.6. The number of halogens is 2. The average molecular weight is 385 g/mol. The maximum atomic E-state index is 14.0. The smallest absolute Gasteiger partial charge is 0.167 e. The minimum atomic E-state index is -0.314. The molecule has 0 aliphatic heterocycles. The molecule has 130 valence electrons. The lowest BCUT2D eigenvalue weighted by Crippen LogP contribution is -1.98. The number of fused-ring (bicyclic) bond motifs is 1. The zero-order valence-electron chi connectivity index (χ0n) is 13.9. The summed E-state index contributed by atoms with van der Waals surface area (Å²) in [7, 11) is 0. The minimum absolute atomic E-state index is 0.314. The molecular formula is C19H14ClFN4S. The highest BCUT2D eigenvalue weighted by Gasteiger charge is 2.13. The Morgan fingerprint density at radius 2 is 1.92 bits per heavy atom. The Hall–Kier alpha value is -2.44. The third-order valence-electron chi connectivity index (χ3n) is 4.02. The van der Waals surface area contributed by atoms with E-state index in [2.05, 4.69) is 15.1 Å². The number of hydrogen-bond acceptors (Lipinski definition) is 4. The number of hydrogen-bond donors (Lipinski definition) is 0. The Morgan fingerprint density at radius 1 is 1.12 bits per heavy atom. The van der Waals surface area contributed by atoms with Crippen molar-refractivity contribution in [3.63, 3.8) is 0 Å². The van der Waals surface area contributed by atoms with Gasteiger partial charge < -0.3 is 0 Å². The fourth-order valence-corrected chi connectivity index (χ4v) is 3.93. The Bertz CT molecular complexity index is 1060. The lowest BCUT2D eigenvalue weighted by molar-refractivity contribution is 0.617. The first-order valence-corrected chi connectivity index (χ1v) is 9.31. The summed E-state index contributed by atoms with van der Waals surface area (Å²) < 4.78 is 15.8. The van der Waals surface area contributed by atoms with Crippen LogP contribution in [0.25, 0.3) is 16.7 Å². The highest BCUT2D eigenvalue weighted by atomic mass is 35.5. The van der Waals surface area contributed by atoms with Crippen LogP contribution in [0.1, 0.15) is 11.1 Å². The lowest BCUT2D eigenvalue weighted by atomic mass is 10.2. The van der Waals surface area contributed by atoms with Gasteiger partial charge in [0.25, 0.3) is 0 Å². The third kappa shape index (κ3) is 3.18. The molecule has 0 saturated carbocycles. The largest absolute Gasteiger partial charge is 0.229 e. The third-order valence-corrected chi connectivity index (χ3v) is 5.41. The molecule has 0 atom stereocenters. The molecule has 2 heterocycles. The molecule has 0 aliphatic carbocycles. The van der Waals surface area contributed by atoms with Gasteiger partial charge >= 0.3 is 0 Å². The molecule has 4 nitrogen and oxygen atoms in total. The van der Waals surface area contributed by atoms with E-state index in [0.29, 0.717) is 22.0 Å². The van der Waals surface area contributed by atoms with Crippen LogP contribution in [0.3, 0.4) is 0 Å². The van der Waals surface area contributed by atoms with Gasteiger partial charge in [0, 0.05) is 16.3 Å². The molecule has 0 spiro atoms. The molecule has 7 heteroatoms. The van der Waals surface area contributed by atoms with Crippen LogP contribution in [0.5, 0.6) is 0 Å². The maximum Gasteiger partial charge on any atom is 0.167 e. The van der Waals surface area contributed by atoms with Crippen LogP contribution in [0, 0.1) is 12.7 Å². The standard InChI is InChI=1S/C19H14ClFN4S/c1-12-5-7-13(8-6-12)25-18-14(9-24-25)19(23-11-22-18)26-10-15-16(20)3-2-4-17(15)21/h2-9,11H,10H2,1H3. The molecule has 0 saturated heterocycles. The Labute approximate surface area is 159 Å². The van der Waals surface area contributed by atoms with Crippen molar-refractivity contribution in [3.05, 3.63) is 77.0 Å². The molecule has 0 fully saturated rings. The van der Waals surface area contributed by atoms with E-state index in [9.17, 15) is 4.39 Å². The topological polar surface area (TPSA) is 43.6 Å². The number of thioether (sulfide) groups is 1. The summed E-state index contributed by atoms with van der Waals surface area (Å²) in [4.78, 5) is 8.70. The number of nitrogens with zero attached hydrogens (tertiary/aromatic N) is 4. The van der Waals surface area contributed by atoms with Gasteiger partial charge in [0.05, 0.1) is 17.3 Å². The van der Waals surface area contributed by atoms with Crippen molar-refractivity contribution in [1.82, 2.24) is 19.7 Å². The van der Waals surface area contributed by atoms with Crippen molar-refractivity contribution in [1.29, 1.82) is 0 Å². The Balaban J connectivity index is 1.68. The van der Waals surface area contributed by atoms with Crippen LogP contribution in [-0.4, -0.2) is 19.7 Å². The van der Waals surface area contributed by atoms with Crippen molar-refractivity contribution in [2.45, 2.75) is 17.7 Å². The van der Waals surface area contributed by atoms with Crippen LogP contribution in [-0.2, 0) is 5.75 Å². The molecule has 0 bridgehead atoms. The SMILES string of the molecule is Cc1ccc(-n2ncc3c(SCc4c(F)cccc4Cl)ncnc32)cc1. The summed E-state index contributed by atoms with van der Waals surface area (Å²) in [6.45, 7) is 2.04. The zero-order chi connectivity index (χ0) is 18.1. The molecule has 0 unspecified atom stereocenters. The lowest BCUT2D eigenvalue weighted by Gasteiger charge is -2.06. The highest BCUT2D eigenvalue weighted by molar-refractivity contribution is 7.98. The average Bonchev–Trinajstić information content (AvgIpc) is 3.07. The van der Waals surface area contributed by atoms with Gasteiger partial charge in [-0.25, -0.2) is 19.0 Å². The van der Waals surface area contributed by atoms with Crippen LogP contribution in [0.15, 0.2) is 60.0 Å². The number of benzene rings is 2. The zero-order valence-corrected chi connectivity index (χ0v) is 15.4. The van der Waals surface area contributed by atoms with Gasteiger partial charge in [-0.05, 0) is 31.2 Å². The monoisotopic (exact) mass is 384 g/mol. The molecule has 2 aromatic heterocycles. The molecule has 0 radical (unpaired) electrons. The summed E-state index contributed by atoms with van der Waals surface area (Å²) in [5.41, 5.74) is 3.29. The van der Waals surface area contributed by atoms with Crippen molar-refractivity contribution in [3.8, 4) is 5.69 Å². The fraction of sp³-hybridized carbons (Fsp3) is 0.105. The normalized spacial score (nSPS) is 11.2. The Kier molecular flexibility index (Phi) is 4.61. The van der Waals surface area contributed by atoms with E-state index in [0.717, 1.165) is 16.1 Å². The minimum Gasteiger partial charge on any atom is -0.229 e. The predicted molar refractivity (Wildman–Crippen MR) is 102 cm³/mol. The van der Waals surface area contributed by atoms with E-state index in [4.69, 9.17) is 11.6 Å². The number of aryl methyl sites for hydroxylation is 1. The van der Waals surface area contributed by atoms with Crippen LogP contribution < -0.4 is 0 Å². The molecule has 4 aromatic rings. The second-order valence-electron chi connectivity index (χ2n) is 5.80. The fourth-order valence-electron chi connectivity index (χ4n) is 2.62. The van der Waals surface area contributed by atoms with Gasteiger partial charge in [0.1, 0.15) is 17.2 Å². The molecule has 2 aromatic carbocycles. The maximum absolute atomic E-state index is 14.0. The second-order valence-corrected chi connectivity index (χ2v) is 7.17. The van der Waals surface area contributed by atoms with Crippen LogP contribution >= 0.6 is 23.4 Å². The van der Waals surface area contributed by atoms with Gasteiger partial charge in [0.2, 0.25) is 0 Å². The van der Waals surface area contributed by atoms with Crippen molar-refractivity contribution in [2.24, 2.45) is 0 Å². The van der Waals surface area contributed by atoms with E-state index in [1.54, 1.807) is 23.0 Å². The molecule has 26 heavy (non-hydrogen) atoms. The van der Waals surface area contributed by atoms with Crippen molar-refractivity contribution < 1.29 is 4.39 Å². The number of rotatable bonds is 4. The molecule has 4 rings (SSSR count). The van der Waals surface area contributed by atoms with Gasteiger partial charge in [-0.15, -0.1) is 11.8 Å². The van der Waals surface area contributed by atoms with E-state index in [-0.39, 0.29) is 5.82 Å².